The predicted octanol–water partition coefficient (Wildman–Crippen LogP) is 4.69. The van der Waals surface area contributed by atoms with E-state index in [1.54, 1.807) is 6.07 Å². The summed E-state index contributed by atoms with van der Waals surface area (Å²) in [5.74, 6) is 0.177. The lowest BCUT2D eigenvalue weighted by Crippen LogP contribution is -2.03. The first-order valence-corrected chi connectivity index (χ1v) is 6.93. The maximum atomic E-state index is 13.8. The van der Waals surface area contributed by atoms with Gasteiger partial charge in [0, 0.05) is 18.1 Å². The summed E-state index contributed by atoms with van der Waals surface area (Å²) in [6.07, 6.45) is 0. The Morgan fingerprint density at radius 3 is 2.45 bits per heavy atom. The Labute approximate surface area is 124 Å². The molecule has 0 saturated heterocycles. The fourth-order valence-electron chi connectivity index (χ4n) is 1.64. The van der Waals surface area contributed by atoms with Gasteiger partial charge in [-0.1, -0.05) is 13.8 Å². The fourth-order valence-corrected chi connectivity index (χ4v) is 2.04. The van der Waals surface area contributed by atoms with Gasteiger partial charge in [-0.2, -0.15) is 0 Å². The number of hydrogen-bond acceptors (Lipinski definition) is 3. The molecule has 0 spiro atoms. The molecule has 1 N–H and O–H groups in total. The molecule has 0 unspecified atom stereocenters. The quantitative estimate of drug-likeness (QED) is 0.822. The summed E-state index contributed by atoms with van der Waals surface area (Å²) in [5, 5.41) is 2.78. The lowest BCUT2D eigenvalue weighted by molar-refractivity contribution is 0.595. The van der Waals surface area contributed by atoms with Crippen LogP contribution < -0.4 is 5.32 Å². The summed E-state index contributed by atoms with van der Waals surface area (Å²) in [6.45, 7) is 5.43. The average molecular weight is 342 g/mol. The van der Waals surface area contributed by atoms with Crippen LogP contribution in [0.5, 0.6) is 0 Å². The average Bonchev–Trinajstić information content (AvgIpc) is 2.35. The molecule has 1 aromatic carbocycles. The number of halogens is 3. The first kappa shape index (κ1) is 14.8. The molecule has 0 amide bonds. The van der Waals surface area contributed by atoms with Crippen molar-refractivity contribution >= 4 is 27.4 Å². The van der Waals surface area contributed by atoms with Gasteiger partial charge >= 0.3 is 0 Å². The summed E-state index contributed by atoms with van der Waals surface area (Å²) >= 11 is 3.28. The molecule has 0 bridgehead atoms. The number of nitrogens with one attached hydrogen (secondary N) is 1. The lowest BCUT2D eigenvalue weighted by Gasteiger charge is -2.11. The minimum absolute atomic E-state index is 0.0495. The van der Waals surface area contributed by atoms with Gasteiger partial charge in [-0.3, -0.25) is 0 Å². The van der Waals surface area contributed by atoms with E-state index in [9.17, 15) is 8.78 Å². The molecule has 2 rings (SSSR count). The number of rotatable bonds is 3. The van der Waals surface area contributed by atoms with Crippen LogP contribution in [0.3, 0.4) is 0 Å². The zero-order chi connectivity index (χ0) is 14.9. The topological polar surface area (TPSA) is 37.8 Å². The number of aryl methyl sites for hydroxylation is 1. The third kappa shape index (κ3) is 3.30. The molecule has 3 nitrogen and oxygen atoms in total. The molecule has 1 heterocycles. The molecule has 20 heavy (non-hydrogen) atoms. The molecule has 0 saturated carbocycles. The van der Waals surface area contributed by atoms with E-state index in [-0.39, 0.29) is 17.2 Å². The third-order valence-corrected chi connectivity index (χ3v) is 3.15. The van der Waals surface area contributed by atoms with Gasteiger partial charge in [0.15, 0.2) is 0 Å². The SMILES string of the molecule is Cc1cc(F)c(Nc2cc(Br)nc(C(C)C)n2)cc1F. The maximum Gasteiger partial charge on any atom is 0.147 e. The molecule has 1 aromatic heterocycles. The van der Waals surface area contributed by atoms with Crippen molar-refractivity contribution in [2.75, 3.05) is 5.32 Å². The zero-order valence-electron chi connectivity index (χ0n) is 11.3. The van der Waals surface area contributed by atoms with Crippen molar-refractivity contribution in [1.82, 2.24) is 9.97 Å². The first-order valence-electron chi connectivity index (χ1n) is 6.14. The highest BCUT2D eigenvalue weighted by molar-refractivity contribution is 9.10. The van der Waals surface area contributed by atoms with E-state index in [2.05, 4.69) is 31.2 Å². The summed E-state index contributed by atoms with van der Waals surface area (Å²) in [5.41, 5.74) is 0.313. The highest BCUT2D eigenvalue weighted by atomic mass is 79.9. The van der Waals surface area contributed by atoms with Gasteiger partial charge in [0.1, 0.15) is 27.9 Å². The van der Waals surface area contributed by atoms with Gasteiger partial charge in [-0.05, 0) is 34.5 Å². The van der Waals surface area contributed by atoms with E-state index >= 15 is 0 Å². The van der Waals surface area contributed by atoms with E-state index in [1.807, 2.05) is 13.8 Å². The van der Waals surface area contributed by atoms with Crippen LogP contribution in [0.25, 0.3) is 0 Å². The second-order valence-corrected chi connectivity index (χ2v) is 5.61. The van der Waals surface area contributed by atoms with Crippen molar-refractivity contribution in [2.24, 2.45) is 0 Å². The van der Waals surface area contributed by atoms with Gasteiger partial charge in [-0.15, -0.1) is 0 Å². The van der Waals surface area contributed by atoms with Crippen LogP contribution in [0.15, 0.2) is 22.8 Å². The second kappa shape index (κ2) is 5.83. The molecular weight excluding hydrogens is 328 g/mol. The van der Waals surface area contributed by atoms with Gasteiger partial charge in [-0.25, -0.2) is 18.7 Å². The van der Waals surface area contributed by atoms with Crippen LogP contribution in [0.1, 0.15) is 31.2 Å². The second-order valence-electron chi connectivity index (χ2n) is 4.80. The Morgan fingerprint density at radius 1 is 1.10 bits per heavy atom. The molecule has 0 fully saturated rings. The molecular formula is C14H14BrF2N3. The molecule has 2 aromatic rings. The molecule has 0 aliphatic heterocycles. The Balaban J connectivity index is 2.37. The Morgan fingerprint density at radius 2 is 1.80 bits per heavy atom. The van der Waals surface area contributed by atoms with Crippen molar-refractivity contribution in [3.05, 3.63) is 45.8 Å². The van der Waals surface area contributed by atoms with E-state index in [0.29, 0.717) is 16.2 Å². The number of anilines is 2. The Bertz CT molecular complexity index is 645. The van der Waals surface area contributed by atoms with Crippen LogP contribution in [-0.2, 0) is 0 Å². The van der Waals surface area contributed by atoms with Crippen molar-refractivity contribution in [2.45, 2.75) is 26.7 Å². The summed E-state index contributed by atoms with van der Waals surface area (Å²) in [6, 6.07) is 3.88. The molecule has 6 heteroatoms. The predicted molar refractivity (Wildman–Crippen MR) is 78.2 cm³/mol. The largest absolute Gasteiger partial charge is 0.338 e. The number of benzene rings is 1. The van der Waals surface area contributed by atoms with Crippen LogP contribution in [0, 0.1) is 18.6 Å². The van der Waals surface area contributed by atoms with Gasteiger partial charge in [0.2, 0.25) is 0 Å². The molecule has 106 valence electrons. The zero-order valence-corrected chi connectivity index (χ0v) is 12.9. The fraction of sp³-hybridized carbons (Fsp3) is 0.286. The lowest BCUT2D eigenvalue weighted by atomic mass is 10.2. The van der Waals surface area contributed by atoms with Crippen molar-refractivity contribution < 1.29 is 8.78 Å². The van der Waals surface area contributed by atoms with E-state index < -0.39 is 11.6 Å². The summed E-state index contributed by atoms with van der Waals surface area (Å²) in [7, 11) is 0. The van der Waals surface area contributed by atoms with Gasteiger partial charge < -0.3 is 5.32 Å². The van der Waals surface area contributed by atoms with E-state index in [4.69, 9.17) is 0 Å². The first-order chi connectivity index (χ1) is 9.36. The summed E-state index contributed by atoms with van der Waals surface area (Å²) in [4.78, 5) is 8.51. The minimum Gasteiger partial charge on any atom is -0.338 e. The van der Waals surface area contributed by atoms with E-state index in [0.717, 1.165) is 12.1 Å². The van der Waals surface area contributed by atoms with Gasteiger partial charge in [0.25, 0.3) is 0 Å². The molecule has 0 aliphatic carbocycles. The Hall–Kier alpha value is -1.56. The number of aromatic nitrogens is 2. The highest BCUT2D eigenvalue weighted by Crippen LogP contribution is 2.24. The normalized spacial score (nSPS) is 10.9. The van der Waals surface area contributed by atoms with Crippen molar-refractivity contribution in [3.63, 3.8) is 0 Å². The summed E-state index contributed by atoms with van der Waals surface area (Å²) < 4.78 is 27.9. The standard InChI is InChI=1S/C14H14BrF2N3/c1-7(2)14-19-12(15)6-13(20-14)18-11-5-9(16)8(3)4-10(11)17/h4-7H,1-3H3,(H,18,19,20). The number of nitrogens with zero attached hydrogens (tertiary/aromatic N) is 2. The van der Waals surface area contributed by atoms with Crippen LogP contribution in [0.2, 0.25) is 0 Å². The minimum atomic E-state index is -0.523. The van der Waals surface area contributed by atoms with Gasteiger partial charge in [0.05, 0.1) is 5.69 Å². The molecule has 0 atom stereocenters. The monoisotopic (exact) mass is 341 g/mol. The highest BCUT2D eigenvalue weighted by Gasteiger charge is 2.11. The third-order valence-electron chi connectivity index (χ3n) is 2.74. The maximum absolute atomic E-state index is 13.8. The molecule has 0 radical (unpaired) electrons. The van der Waals surface area contributed by atoms with E-state index in [1.165, 1.54) is 6.92 Å². The van der Waals surface area contributed by atoms with Crippen molar-refractivity contribution in [3.8, 4) is 0 Å². The van der Waals surface area contributed by atoms with Crippen LogP contribution in [0.4, 0.5) is 20.3 Å². The van der Waals surface area contributed by atoms with Crippen molar-refractivity contribution in [1.29, 1.82) is 0 Å². The molecule has 0 aliphatic rings. The smallest absolute Gasteiger partial charge is 0.147 e. The number of hydrogen-bond donors (Lipinski definition) is 1. The Kier molecular flexibility index (Phi) is 4.32. The van der Waals surface area contributed by atoms with Crippen LogP contribution >= 0.6 is 15.9 Å². The van der Waals surface area contributed by atoms with Crippen LogP contribution in [-0.4, -0.2) is 9.97 Å².